The molecule has 1 heterocycles. The molecule has 5 amide bonds. The fraction of sp³-hybridized carbons (Fsp3) is 0.474. The lowest BCUT2D eigenvalue weighted by atomic mass is 9.96. The van der Waals surface area contributed by atoms with Crippen LogP contribution in [0, 0.1) is 5.92 Å². The van der Waals surface area contributed by atoms with Gasteiger partial charge in [0.2, 0.25) is 11.8 Å². The van der Waals surface area contributed by atoms with Gasteiger partial charge in [-0.25, -0.2) is 4.79 Å². The van der Waals surface area contributed by atoms with E-state index in [0.717, 1.165) is 29.7 Å². The first-order valence-corrected chi connectivity index (χ1v) is 9.13. The molecule has 1 saturated carbocycles. The summed E-state index contributed by atoms with van der Waals surface area (Å²) in [5.41, 5.74) is 0.780. The smallest absolute Gasteiger partial charge is 0.325 e. The van der Waals surface area contributed by atoms with Crippen molar-refractivity contribution in [2.75, 3.05) is 18.4 Å². The highest BCUT2D eigenvalue weighted by Crippen LogP contribution is 2.42. The number of rotatable bonds is 7. The van der Waals surface area contributed by atoms with Gasteiger partial charge < -0.3 is 16.0 Å². The second kappa shape index (κ2) is 7.38. The molecule has 8 heteroatoms. The topological polar surface area (TPSA) is 108 Å². The number of amides is 5. The molecule has 0 unspecified atom stereocenters. The Labute approximate surface area is 157 Å². The van der Waals surface area contributed by atoms with Crippen LogP contribution in [0.4, 0.5) is 10.5 Å². The van der Waals surface area contributed by atoms with Gasteiger partial charge in [-0.1, -0.05) is 25.1 Å². The average Bonchev–Trinajstić information content (AvgIpc) is 3.47. The average molecular weight is 372 g/mol. The van der Waals surface area contributed by atoms with Crippen LogP contribution >= 0.6 is 0 Å². The van der Waals surface area contributed by atoms with E-state index < -0.39 is 24.0 Å². The third-order valence-electron chi connectivity index (χ3n) is 5.12. The van der Waals surface area contributed by atoms with Crippen LogP contribution in [-0.4, -0.2) is 47.3 Å². The van der Waals surface area contributed by atoms with Gasteiger partial charge in [0.1, 0.15) is 12.1 Å². The summed E-state index contributed by atoms with van der Waals surface area (Å²) in [5.74, 6) is -1.18. The van der Waals surface area contributed by atoms with Crippen molar-refractivity contribution in [1.29, 1.82) is 0 Å². The third kappa shape index (κ3) is 3.94. The zero-order chi connectivity index (χ0) is 19.6. The van der Waals surface area contributed by atoms with Crippen LogP contribution in [0.1, 0.15) is 32.3 Å². The van der Waals surface area contributed by atoms with Gasteiger partial charge in [-0.3, -0.25) is 19.3 Å². The van der Waals surface area contributed by atoms with Crippen LogP contribution < -0.4 is 16.0 Å². The molecule has 0 spiro atoms. The number of anilines is 1. The predicted molar refractivity (Wildman–Crippen MR) is 98.8 cm³/mol. The van der Waals surface area contributed by atoms with Gasteiger partial charge in [0, 0.05) is 5.69 Å². The first-order chi connectivity index (χ1) is 12.8. The molecule has 1 aliphatic heterocycles. The Morgan fingerprint density at radius 3 is 2.59 bits per heavy atom. The maximum absolute atomic E-state index is 12.5. The van der Waals surface area contributed by atoms with Crippen LogP contribution in [0.25, 0.3) is 0 Å². The maximum atomic E-state index is 12.5. The highest BCUT2D eigenvalue weighted by atomic mass is 16.2. The van der Waals surface area contributed by atoms with E-state index in [9.17, 15) is 19.2 Å². The molecule has 8 nitrogen and oxygen atoms in total. The molecule has 3 N–H and O–H groups in total. The Morgan fingerprint density at radius 2 is 1.93 bits per heavy atom. The number of carbonyl (C=O) groups is 4. The first-order valence-electron chi connectivity index (χ1n) is 9.13. The van der Waals surface area contributed by atoms with E-state index in [1.807, 2.05) is 25.1 Å². The van der Waals surface area contributed by atoms with Crippen molar-refractivity contribution in [2.24, 2.45) is 5.92 Å². The van der Waals surface area contributed by atoms with Crippen LogP contribution in [0.15, 0.2) is 24.3 Å². The van der Waals surface area contributed by atoms with Crippen LogP contribution in [-0.2, 0) is 20.8 Å². The van der Waals surface area contributed by atoms with E-state index in [-0.39, 0.29) is 24.3 Å². The molecule has 0 bridgehead atoms. The molecule has 0 aromatic heterocycles. The summed E-state index contributed by atoms with van der Waals surface area (Å²) in [7, 11) is 0. The Bertz CT molecular complexity index is 790. The second-order valence-corrected chi connectivity index (χ2v) is 7.13. The van der Waals surface area contributed by atoms with Crippen molar-refractivity contribution in [2.45, 2.75) is 38.6 Å². The van der Waals surface area contributed by atoms with Crippen LogP contribution in [0.5, 0.6) is 0 Å². The summed E-state index contributed by atoms with van der Waals surface area (Å²) < 4.78 is 0. The number of nitrogens with zero attached hydrogens (tertiary/aromatic N) is 1. The lowest BCUT2D eigenvalue weighted by molar-refractivity contribution is -0.135. The molecule has 144 valence electrons. The van der Waals surface area contributed by atoms with E-state index in [2.05, 4.69) is 16.0 Å². The van der Waals surface area contributed by atoms with Crippen molar-refractivity contribution < 1.29 is 19.2 Å². The molecule has 1 saturated heterocycles. The van der Waals surface area contributed by atoms with Crippen molar-refractivity contribution >= 4 is 29.4 Å². The quantitative estimate of drug-likeness (QED) is 0.621. The van der Waals surface area contributed by atoms with Gasteiger partial charge in [0.15, 0.2) is 0 Å². The summed E-state index contributed by atoms with van der Waals surface area (Å²) in [6, 6.07) is 6.87. The lowest BCUT2D eigenvalue weighted by Gasteiger charge is -2.20. The van der Waals surface area contributed by atoms with Crippen molar-refractivity contribution in [3.8, 4) is 0 Å². The lowest BCUT2D eigenvalue weighted by Crippen LogP contribution is -2.47. The summed E-state index contributed by atoms with van der Waals surface area (Å²) in [5, 5.41) is 7.89. The molecule has 2 fully saturated rings. The molecule has 1 aromatic carbocycles. The van der Waals surface area contributed by atoms with E-state index in [0.29, 0.717) is 5.69 Å². The number of carbonyl (C=O) groups excluding carboxylic acids is 4. The SMILES string of the molecule is CCc1ccccc1NC(=O)CNC(=O)CN1C(=O)N[C@@](C)(C2CC2)C1=O. The Kier molecular flexibility index (Phi) is 5.16. The highest BCUT2D eigenvalue weighted by molar-refractivity contribution is 6.09. The summed E-state index contributed by atoms with van der Waals surface area (Å²) in [6.07, 6.45) is 2.55. The van der Waals surface area contributed by atoms with Gasteiger partial charge in [0.25, 0.3) is 5.91 Å². The monoisotopic (exact) mass is 372 g/mol. The maximum Gasteiger partial charge on any atom is 0.325 e. The fourth-order valence-corrected chi connectivity index (χ4v) is 3.32. The van der Waals surface area contributed by atoms with Crippen LogP contribution in [0.2, 0.25) is 0 Å². The third-order valence-corrected chi connectivity index (χ3v) is 5.12. The fourth-order valence-electron chi connectivity index (χ4n) is 3.32. The molecule has 0 radical (unpaired) electrons. The summed E-state index contributed by atoms with van der Waals surface area (Å²) >= 11 is 0. The van der Waals surface area contributed by atoms with Gasteiger partial charge in [0.05, 0.1) is 6.54 Å². The highest BCUT2D eigenvalue weighted by Gasteiger charge is 2.56. The van der Waals surface area contributed by atoms with Gasteiger partial charge in [-0.2, -0.15) is 0 Å². The standard InChI is InChI=1S/C19H24N4O4/c1-3-12-6-4-5-7-14(12)21-15(24)10-20-16(25)11-23-17(26)19(2,13-8-9-13)22-18(23)27/h4-7,13H,3,8-11H2,1-2H3,(H,20,25)(H,21,24)(H,22,27)/t19-/m0/s1. The zero-order valence-electron chi connectivity index (χ0n) is 15.5. The molecule has 1 aliphatic carbocycles. The largest absolute Gasteiger partial charge is 0.345 e. The van der Waals surface area contributed by atoms with E-state index in [4.69, 9.17) is 0 Å². The normalized spacial score (nSPS) is 21.8. The van der Waals surface area contributed by atoms with Gasteiger partial charge in [-0.15, -0.1) is 0 Å². The Balaban J connectivity index is 1.50. The Hall–Kier alpha value is -2.90. The number of nitrogens with one attached hydrogen (secondary N) is 3. The molecule has 27 heavy (non-hydrogen) atoms. The number of imide groups is 1. The van der Waals surface area contributed by atoms with Crippen molar-refractivity contribution in [1.82, 2.24) is 15.5 Å². The minimum atomic E-state index is -0.918. The number of para-hydroxylation sites is 1. The van der Waals surface area contributed by atoms with Gasteiger partial charge >= 0.3 is 6.03 Å². The van der Waals surface area contributed by atoms with E-state index in [1.54, 1.807) is 13.0 Å². The molecule has 1 atom stereocenters. The number of urea groups is 1. The van der Waals surface area contributed by atoms with E-state index in [1.165, 1.54) is 0 Å². The summed E-state index contributed by atoms with van der Waals surface area (Å²) in [4.78, 5) is 49.6. The van der Waals surface area contributed by atoms with Crippen molar-refractivity contribution in [3.63, 3.8) is 0 Å². The number of benzene rings is 1. The zero-order valence-corrected chi connectivity index (χ0v) is 15.5. The predicted octanol–water partition coefficient (Wildman–Crippen LogP) is 1.02. The first kappa shape index (κ1) is 18.9. The van der Waals surface area contributed by atoms with Gasteiger partial charge in [-0.05, 0) is 43.7 Å². The molecule has 1 aromatic rings. The summed E-state index contributed by atoms with van der Waals surface area (Å²) in [6.45, 7) is 3.05. The number of hydrogen-bond donors (Lipinski definition) is 3. The molecular formula is C19H24N4O4. The van der Waals surface area contributed by atoms with Crippen molar-refractivity contribution in [3.05, 3.63) is 29.8 Å². The number of hydrogen-bond acceptors (Lipinski definition) is 4. The van der Waals surface area contributed by atoms with Crippen LogP contribution in [0.3, 0.4) is 0 Å². The number of aryl methyl sites for hydroxylation is 1. The second-order valence-electron chi connectivity index (χ2n) is 7.13. The molecule has 2 aliphatic rings. The minimum Gasteiger partial charge on any atom is -0.345 e. The Morgan fingerprint density at radius 1 is 1.22 bits per heavy atom. The minimum absolute atomic E-state index is 0.131. The molecule has 3 rings (SSSR count). The van der Waals surface area contributed by atoms with E-state index >= 15 is 0 Å². The molecular weight excluding hydrogens is 348 g/mol.